The van der Waals surface area contributed by atoms with E-state index in [1.165, 1.54) is 18.2 Å². The van der Waals surface area contributed by atoms with Gasteiger partial charge in [-0.2, -0.15) is 0 Å². The standard InChI is InChI=1S/C14H10ClFN2O3/c15-8-1-3-10(16)11(5-8)18-14(19)17-9-2-4-12-13(6-9)21-7-20-12/h1-6H,7H2,(H2,17,18,19). The fourth-order valence-corrected chi connectivity index (χ4v) is 2.02. The fraction of sp³-hybridized carbons (Fsp3) is 0.0714. The molecule has 108 valence electrons. The van der Waals surface area contributed by atoms with Gasteiger partial charge in [-0.25, -0.2) is 9.18 Å². The number of fused-ring (bicyclic) bond motifs is 1. The topological polar surface area (TPSA) is 59.6 Å². The largest absolute Gasteiger partial charge is 0.454 e. The number of carbonyl (C=O) groups is 1. The van der Waals surface area contributed by atoms with Crippen LogP contribution in [0.2, 0.25) is 5.02 Å². The third kappa shape index (κ3) is 3.00. The Balaban J connectivity index is 1.70. The minimum absolute atomic E-state index is 0.000688. The number of hydrogen-bond acceptors (Lipinski definition) is 3. The van der Waals surface area contributed by atoms with Gasteiger partial charge in [-0.05, 0) is 30.3 Å². The Kier molecular flexibility index (Phi) is 3.53. The zero-order valence-corrected chi connectivity index (χ0v) is 11.4. The maximum Gasteiger partial charge on any atom is 0.323 e. The molecule has 1 aliphatic heterocycles. The molecule has 1 heterocycles. The van der Waals surface area contributed by atoms with Gasteiger partial charge in [0.05, 0.1) is 5.69 Å². The average molecular weight is 309 g/mol. The smallest absolute Gasteiger partial charge is 0.323 e. The second kappa shape index (κ2) is 5.49. The number of benzene rings is 2. The summed E-state index contributed by atoms with van der Waals surface area (Å²) in [6, 6.07) is 8.28. The molecule has 0 saturated heterocycles. The van der Waals surface area contributed by atoms with Crippen molar-refractivity contribution in [3.05, 3.63) is 47.2 Å². The van der Waals surface area contributed by atoms with Gasteiger partial charge in [0.25, 0.3) is 0 Å². The lowest BCUT2D eigenvalue weighted by atomic mass is 10.3. The molecule has 2 aromatic carbocycles. The Morgan fingerprint density at radius 2 is 1.90 bits per heavy atom. The number of carbonyl (C=O) groups excluding carboxylic acids is 1. The highest BCUT2D eigenvalue weighted by atomic mass is 35.5. The van der Waals surface area contributed by atoms with Crippen molar-refractivity contribution in [2.75, 3.05) is 17.4 Å². The van der Waals surface area contributed by atoms with E-state index in [1.807, 2.05) is 0 Å². The molecule has 0 aromatic heterocycles. The highest BCUT2D eigenvalue weighted by molar-refractivity contribution is 6.30. The molecule has 1 aliphatic rings. The van der Waals surface area contributed by atoms with Crippen molar-refractivity contribution >= 4 is 29.0 Å². The van der Waals surface area contributed by atoms with E-state index in [2.05, 4.69) is 10.6 Å². The van der Waals surface area contributed by atoms with Crippen LogP contribution in [0.5, 0.6) is 11.5 Å². The summed E-state index contributed by atoms with van der Waals surface area (Å²) in [5.74, 6) is 0.587. The third-order valence-corrected chi connectivity index (χ3v) is 3.04. The fourth-order valence-electron chi connectivity index (χ4n) is 1.85. The number of nitrogens with one attached hydrogen (secondary N) is 2. The van der Waals surface area contributed by atoms with Crippen LogP contribution in [0, 0.1) is 5.82 Å². The lowest BCUT2D eigenvalue weighted by molar-refractivity contribution is 0.174. The number of anilines is 2. The molecule has 2 aromatic rings. The van der Waals surface area contributed by atoms with Gasteiger partial charge >= 0.3 is 6.03 Å². The summed E-state index contributed by atoms with van der Waals surface area (Å²) in [5, 5.41) is 5.29. The Labute approximate surface area is 124 Å². The van der Waals surface area contributed by atoms with Crippen LogP contribution in [0.3, 0.4) is 0 Å². The summed E-state index contributed by atoms with van der Waals surface area (Å²) >= 11 is 5.76. The van der Waals surface area contributed by atoms with Crippen LogP contribution in [-0.4, -0.2) is 12.8 Å². The van der Waals surface area contributed by atoms with E-state index >= 15 is 0 Å². The maximum absolute atomic E-state index is 13.5. The van der Waals surface area contributed by atoms with E-state index in [0.29, 0.717) is 22.2 Å². The normalized spacial score (nSPS) is 12.1. The van der Waals surface area contributed by atoms with Gasteiger partial charge in [-0.15, -0.1) is 0 Å². The molecule has 7 heteroatoms. The van der Waals surface area contributed by atoms with Crippen molar-refractivity contribution in [2.24, 2.45) is 0 Å². The Morgan fingerprint density at radius 1 is 1.10 bits per heavy atom. The Morgan fingerprint density at radius 3 is 2.76 bits per heavy atom. The van der Waals surface area contributed by atoms with Crippen molar-refractivity contribution < 1.29 is 18.7 Å². The molecule has 21 heavy (non-hydrogen) atoms. The molecule has 0 fully saturated rings. The van der Waals surface area contributed by atoms with Crippen molar-refractivity contribution in [1.29, 1.82) is 0 Å². The van der Waals surface area contributed by atoms with Gasteiger partial charge in [0.1, 0.15) is 5.82 Å². The molecule has 0 bridgehead atoms. The molecular formula is C14H10ClFN2O3. The second-order valence-electron chi connectivity index (χ2n) is 4.27. The number of rotatable bonds is 2. The predicted octanol–water partition coefficient (Wildman–Crippen LogP) is 3.85. The van der Waals surface area contributed by atoms with Crippen LogP contribution in [0.15, 0.2) is 36.4 Å². The highest BCUT2D eigenvalue weighted by Gasteiger charge is 2.14. The van der Waals surface area contributed by atoms with Crippen LogP contribution in [0.1, 0.15) is 0 Å². The van der Waals surface area contributed by atoms with E-state index < -0.39 is 11.8 Å². The molecule has 0 atom stereocenters. The van der Waals surface area contributed by atoms with E-state index in [0.717, 1.165) is 0 Å². The van der Waals surface area contributed by atoms with E-state index in [1.54, 1.807) is 18.2 Å². The van der Waals surface area contributed by atoms with E-state index in [4.69, 9.17) is 21.1 Å². The summed E-state index contributed by atoms with van der Waals surface area (Å²) in [5.41, 5.74) is 0.500. The lowest BCUT2D eigenvalue weighted by Gasteiger charge is -2.09. The minimum atomic E-state index is -0.588. The zero-order chi connectivity index (χ0) is 14.8. The molecule has 5 nitrogen and oxygen atoms in total. The summed E-state index contributed by atoms with van der Waals surface area (Å²) in [7, 11) is 0. The number of urea groups is 1. The van der Waals surface area contributed by atoms with Gasteiger partial charge in [0, 0.05) is 16.8 Å². The summed E-state index contributed by atoms with van der Waals surface area (Å²) in [4.78, 5) is 11.8. The predicted molar refractivity (Wildman–Crippen MR) is 76.6 cm³/mol. The first-order chi connectivity index (χ1) is 10.1. The summed E-state index contributed by atoms with van der Waals surface area (Å²) in [6.45, 7) is 0.151. The number of amides is 2. The van der Waals surface area contributed by atoms with Gasteiger partial charge in [0.2, 0.25) is 6.79 Å². The van der Waals surface area contributed by atoms with Crippen LogP contribution in [0.4, 0.5) is 20.6 Å². The number of halogens is 2. The molecule has 2 amide bonds. The van der Waals surface area contributed by atoms with E-state index in [-0.39, 0.29) is 12.5 Å². The van der Waals surface area contributed by atoms with Gasteiger partial charge in [-0.1, -0.05) is 11.6 Å². The second-order valence-corrected chi connectivity index (χ2v) is 4.71. The van der Waals surface area contributed by atoms with Crippen LogP contribution < -0.4 is 20.1 Å². The third-order valence-electron chi connectivity index (χ3n) is 2.81. The summed E-state index contributed by atoms with van der Waals surface area (Å²) < 4.78 is 23.9. The van der Waals surface area contributed by atoms with Gasteiger partial charge in [0.15, 0.2) is 11.5 Å². The molecular weight excluding hydrogens is 299 g/mol. The van der Waals surface area contributed by atoms with Crippen molar-refractivity contribution in [3.63, 3.8) is 0 Å². The molecule has 0 aliphatic carbocycles. The Bertz CT molecular complexity index is 709. The average Bonchev–Trinajstić information content (AvgIpc) is 2.90. The first-order valence-corrected chi connectivity index (χ1v) is 6.42. The quantitative estimate of drug-likeness (QED) is 0.886. The first kappa shape index (κ1) is 13.5. The monoisotopic (exact) mass is 308 g/mol. The molecule has 0 unspecified atom stereocenters. The van der Waals surface area contributed by atoms with Crippen molar-refractivity contribution in [2.45, 2.75) is 0 Å². The number of hydrogen-bond donors (Lipinski definition) is 2. The SMILES string of the molecule is O=C(Nc1ccc2c(c1)OCO2)Nc1cc(Cl)ccc1F. The number of ether oxygens (including phenoxy) is 2. The molecule has 0 radical (unpaired) electrons. The molecule has 3 rings (SSSR count). The molecule has 0 saturated carbocycles. The van der Waals surface area contributed by atoms with Crippen molar-refractivity contribution in [3.8, 4) is 11.5 Å². The van der Waals surface area contributed by atoms with Crippen LogP contribution in [0.25, 0.3) is 0 Å². The maximum atomic E-state index is 13.5. The van der Waals surface area contributed by atoms with Crippen LogP contribution >= 0.6 is 11.6 Å². The van der Waals surface area contributed by atoms with Crippen molar-refractivity contribution in [1.82, 2.24) is 0 Å². The molecule has 2 N–H and O–H groups in total. The minimum Gasteiger partial charge on any atom is -0.454 e. The van der Waals surface area contributed by atoms with Gasteiger partial charge < -0.3 is 20.1 Å². The van der Waals surface area contributed by atoms with E-state index in [9.17, 15) is 9.18 Å². The van der Waals surface area contributed by atoms with Crippen LogP contribution in [-0.2, 0) is 0 Å². The van der Waals surface area contributed by atoms with Gasteiger partial charge in [-0.3, -0.25) is 0 Å². The summed E-state index contributed by atoms with van der Waals surface area (Å²) in [6.07, 6.45) is 0. The lowest BCUT2D eigenvalue weighted by Crippen LogP contribution is -2.20. The zero-order valence-electron chi connectivity index (χ0n) is 10.7. The Hall–Kier alpha value is -2.47. The first-order valence-electron chi connectivity index (χ1n) is 6.04. The highest BCUT2D eigenvalue weighted by Crippen LogP contribution is 2.34. The molecule has 0 spiro atoms.